The number of aliphatic carboxylic acids is 1. The minimum absolute atomic E-state index is 0.281. The number of aliphatic imine (C=N–C) groups is 1. The second-order valence-corrected chi connectivity index (χ2v) is 7.01. The minimum Gasteiger partial charge on any atom is -0.492 e. The predicted octanol–water partition coefficient (Wildman–Crippen LogP) is 1.58. The zero-order valence-corrected chi connectivity index (χ0v) is 17.0. The molecular weight excluding hydrogens is 394 g/mol. The molecule has 10 nitrogen and oxygen atoms in total. The number of carbonyl (C=O) groups is 3. The molecular formula is C20H25N3O7. The first kappa shape index (κ1) is 21.4. The SMILES string of the molecule is COc1c(OCCCCCOC(C)=O)ccc2c1CN1C(=N2)NC(=O)C1CC(=O)O. The summed E-state index contributed by atoms with van der Waals surface area (Å²) in [5.41, 5.74) is 1.38. The van der Waals surface area contributed by atoms with Crippen molar-refractivity contribution in [3.63, 3.8) is 0 Å². The maximum atomic E-state index is 12.2. The van der Waals surface area contributed by atoms with E-state index in [2.05, 4.69) is 10.3 Å². The zero-order chi connectivity index (χ0) is 21.7. The summed E-state index contributed by atoms with van der Waals surface area (Å²) in [7, 11) is 1.53. The fraction of sp³-hybridized carbons (Fsp3) is 0.500. The van der Waals surface area contributed by atoms with Gasteiger partial charge in [0.05, 0.1) is 39.0 Å². The third-order valence-electron chi connectivity index (χ3n) is 4.86. The highest BCUT2D eigenvalue weighted by Crippen LogP contribution is 2.41. The molecule has 0 saturated carbocycles. The summed E-state index contributed by atoms with van der Waals surface area (Å²) in [6.45, 7) is 2.54. The quantitative estimate of drug-likeness (QED) is 0.432. The molecule has 2 N–H and O–H groups in total. The Bertz CT molecular complexity index is 868. The van der Waals surface area contributed by atoms with Gasteiger partial charge in [-0.15, -0.1) is 0 Å². The van der Waals surface area contributed by atoms with Gasteiger partial charge in [-0.1, -0.05) is 0 Å². The fourth-order valence-corrected chi connectivity index (χ4v) is 3.45. The van der Waals surface area contributed by atoms with E-state index in [1.807, 2.05) is 0 Å². The molecule has 30 heavy (non-hydrogen) atoms. The Morgan fingerprint density at radius 3 is 2.73 bits per heavy atom. The van der Waals surface area contributed by atoms with E-state index >= 15 is 0 Å². The average molecular weight is 419 g/mol. The lowest BCUT2D eigenvalue weighted by Crippen LogP contribution is -2.38. The number of methoxy groups -OCH3 is 1. The Morgan fingerprint density at radius 1 is 1.27 bits per heavy atom. The molecule has 10 heteroatoms. The number of rotatable bonds is 10. The van der Waals surface area contributed by atoms with Gasteiger partial charge in [-0.05, 0) is 31.4 Å². The summed E-state index contributed by atoms with van der Waals surface area (Å²) >= 11 is 0. The lowest BCUT2D eigenvalue weighted by molar-refractivity contribution is -0.141. The molecule has 3 rings (SSSR count). The van der Waals surface area contributed by atoms with Crippen LogP contribution >= 0.6 is 0 Å². The molecule has 1 saturated heterocycles. The van der Waals surface area contributed by atoms with Gasteiger partial charge in [0, 0.05) is 12.5 Å². The maximum absolute atomic E-state index is 12.2. The molecule has 162 valence electrons. The fourth-order valence-electron chi connectivity index (χ4n) is 3.45. The van der Waals surface area contributed by atoms with Crippen LogP contribution in [0.15, 0.2) is 17.1 Å². The average Bonchev–Trinajstić information content (AvgIpc) is 2.99. The molecule has 0 aromatic heterocycles. The molecule has 0 aliphatic carbocycles. The van der Waals surface area contributed by atoms with E-state index < -0.39 is 12.0 Å². The van der Waals surface area contributed by atoms with Crippen molar-refractivity contribution in [2.45, 2.75) is 45.2 Å². The van der Waals surface area contributed by atoms with Crippen LogP contribution in [0.2, 0.25) is 0 Å². The molecule has 0 radical (unpaired) electrons. The van der Waals surface area contributed by atoms with Crippen LogP contribution in [0.4, 0.5) is 5.69 Å². The van der Waals surface area contributed by atoms with Crippen molar-refractivity contribution < 1.29 is 33.7 Å². The smallest absolute Gasteiger partial charge is 0.305 e. The summed E-state index contributed by atoms with van der Waals surface area (Å²) in [6.07, 6.45) is 2.09. The van der Waals surface area contributed by atoms with E-state index in [1.165, 1.54) is 14.0 Å². The number of unbranched alkanes of at least 4 members (excludes halogenated alkanes) is 2. The van der Waals surface area contributed by atoms with Crippen LogP contribution in [0.3, 0.4) is 0 Å². The third-order valence-corrected chi connectivity index (χ3v) is 4.86. The molecule has 1 amide bonds. The lowest BCUT2D eigenvalue weighted by Gasteiger charge is -2.28. The number of ether oxygens (including phenoxy) is 3. The number of fused-ring (bicyclic) bond motifs is 2. The van der Waals surface area contributed by atoms with E-state index in [0.717, 1.165) is 24.8 Å². The van der Waals surface area contributed by atoms with Gasteiger partial charge in [0.1, 0.15) is 6.04 Å². The first-order valence-electron chi connectivity index (χ1n) is 9.74. The van der Waals surface area contributed by atoms with Crippen LogP contribution in [-0.4, -0.2) is 60.2 Å². The number of guanidine groups is 1. The molecule has 2 aliphatic rings. The van der Waals surface area contributed by atoms with Crippen LogP contribution in [0.1, 0.15) is 38.2 Å². The van der Waals surface area contributed by atoms with Gasteiger partial charge in [-0.3, -0.25) is 19.7 Å². The number of benzene rings is 1. The standard InChI is InChI=1S/C20H25N3O7/c1-12(24)29-8-4-3-5-9-30-16-7-6-14-13(18(16)28-2)11-23-15(10-17(25)26)19(27)22-20(23)21-14/h6-7,15H,3-5,8-11H2,1-2H3,(H,25,26)(H,21,22,27). The second-order valence-electron chi connectivity index (χ2n) is 7.01. The normalized spacial score (nSPS) is 16.9. The molecule has 1 aromatic rings. The van der Waals surface area contributed by atoms with E-state index in [1.54, 1.807) is 17.0 Å². The Kier molecular flexibility index (Phi) is 6.76. The van der Waals surface area contributed by atoms with Crippen LogP contribution in [-0.2, 0) is 25.7 Å². The number of hydrogen-bond donors (Lipinski definition) is 2. The molecule has 0 bridgehead atoms. The minimum atomic E-state index is -1.06. The number of carbonyl (C=O) groups excluding carboxylic acids is 2. The largest absolute Gasteiger partial charge is 0.492 e. The third kappa shape index (κ3) is 4.81. The molecule has 1 unspecified atom stereocenters. The zero-order valence-electron chi connectivity index (χ0n) is 17.0. The van der Waals surface area contributed by atoms with Gasteiger partial charge in [-0.25, -0.2) is 4.99 Å². The summed E-state index contributed by atoms with van der Waals surface area (Å²) in [5, 5.41) is 11.7. The van der Waals surface area contributed by atoms with Crippen molar-refractivity contribution in [3.8, 4) is 11.5 Å². The second kappa shape index (κ2) is 9.47. The topological polar surface area (TPSA) is 127 Å². The molecule has 2 aliphatic heterocycles. The van der Waals surface area contributed by atoms with Crippen LogP contribution in [0, 0.1) is 0 Å². The number of hydrogen-bond acceptors (Lipinski definition) is 8. The van der Waals surface area contributed by atoms with Crippen LogP contribution < -0.4 is 14.8 Å². The Hall–Kier alpha value is -3.30. The molecule has 1 fully saturated rings. The van der Waals surface area contributed by atoms with Crippen molar-refractivity contribution in [3.05, 3.63) is 17.7 Å². The molecule has 1 aromatic carbocycles. The number of nitrogens with one attached hydrogen (secondary N) is 1. The van der Waals surface area contributed by atoms with Crippen molar-refractivity contribution in [2.24, 2.45) is 4.99 Å². The monoisotopic (exact) mass is 419 g/mol. The lowest BCUT2D eigenvalue weighted by atomic mass is 10.1. The number of carboxylic acids is 1. The van der Waals surface area contributed by atoms with E-state index in [-0.39, 0.29) is 24.8 Å². The highest BCUT2D eigenvalue weighted by atomic mass is 16.5. The van der Waals surface area contributed by atoms with Crippen molar-refractivity contribution in [1.82, 2.24) is 10.2 Å². The van der Waals surface area contributed by atoms with Crippen molar-refractivity contribution >= 4 is 29.5 Å². The van der Waals surface area contributed by atoms with Gasteiger partial charge in [0.25, 0.3) is 0 Å². The molecule has 2 heterocycles. The number of esters is 1. The van der Waals surface area contributed by atoms with Crippen LogP contribution in [0.5, 0.6) is 11.5 Å². The van der Waals surface area contributed by atoms with Crippen LogP contribution in [0.25, 0.3) is 0 Å². The predicted molar refractivity (Wildman–Crippen MR) is 106 cm³/mol. The maximum Gasteiger partial charge on any atom is 0.305 e. The Morgan fingerprint density at radius 2 is 2.03 bits per heavy atom. The first-order chi connectivity index (χ1) is 14.4. The van der Waals surface area contributed by atoms with Crippen molar-refractivity contribution in [1.29, 1.82) is 0 Å². The number of nitrogens with zero attached hydrogens (tertiary/aromatic N) is 2. The number of amides is 1. The summed E-state index contributed by atoms with van der Waals surface area (Å²) < 4.78 is 16.3. The van der Waals surface area contributed by atoms with E-state index in [0.29, 0.717) is 36.4 Å². The number of carboxylic acid groups (broad SMARTS) is 1. The van der Waals surface area contributed by atoms with Gasteiger partial charge < -0.3 is 24.2 Å². The van der Waals surface area contributed by atoms with Crippen molar-refractivity contribution in [2.75, 3.05) is 20.3 Å². The Labute approximate surface area is 173 Å². The summed E-state index contributed by atoms with van der Waals surface area (Å²) in [5.74, 6) is -0.293. The Balaban J connectivity index is 1.66. The van der Waals surface area contributed by atoms with Gasteiger partial charge in [-0.2, -0.15) is 0 Å². The van der Waals surface area contributed by atoms with Gasteiger partial charge >= 0.3 is 11.9 Å². The van der Waals surface area contributed by atoms with E-state index in [9.17, 15) is 14.4 Å². The van der Waals surface area contributed by atoms with E-state index in [4.69, 9.17) is 19.3 Å². The van der Waals surface area contributed by atoms with Gasteiger partial charge in [0.2, 0.25) is 11.9 Å². The van der Waals surface area contributed by atoms with Gasteiger partial charge in [0.15, 0.2) is 11.5 Å². The first-order valence-corrected chi connectivity index (χ1v) is 9.74. The summed E-state index contributed by atoms with van der Waals surface area (Å²) in [4.78, 5) is 40.1. The molecule has 1 atom stereocenters. The molecule has 0 spiro atoms. The highest BCUT2D eigenvalue weighted by Gasteiger charge is 2.41. The highest BCUT2D eigenvalue weighted by molar-refractivity contribution is 6.08. The summed E-state index contributed by atoms with van der Waals surface area (Å²) in [6, 6.07) is 2.73.